The monoisotopic (exact) mass is 640 g/mol. The number of nitrogens with zero attached hydrogens (tertiary/aromatic N) is 2. The van der Waals surface area contributed by atoms with E-state index in [1.165, 1.54) is 58.1 Å². The van der Waals surface area contributed by atoms with Crippen LogP contribution in [-0.2, 0) is 0 Å². The van der Waals surface area contributed by atoms with E-state index >= 15 is 0 Å². The van der Waals surface area contributed by atoms with Crippen LogP contribution in [0.2, 0.25) is 0 Å². The van der Waals surface area contributed by atoms with Crippen molar-refractivity contribution in [3.63, 3.8) is 0 Å². The lowest BCUT2D eigenvalue weighted by molar-refractivity contribution is 1.32. The highest BCUT2D eigenvalue weighted by Gasteiger charge is 2.15. The molecule has 10 aromatic rings. The predicted molar refractivity (Wildman–Crippen MR) is 209 cm³/mol. The van der Waals surface area contributed by atoms with Gasteiger partial charge >= 0.3 is 0 Å². The zero-order chi connectivity index (χ0) is 32.3. The number of pyridine rings is 2. The summed E-state index contributed by atoms with van der Waals surface area (Å²) in [6, 6.07) is 57.0. The molecule has 49 heavy (non-hydrogen) atoms. The van der Waals surface area contributed by atoms with Crippen LogP contribution in [-0.4, -0.2) is 9.97 Å². The van der Waals surface area contributed by atoms with Crippen molar-refractivity contribution in [1.29, 1.82) is 0 Å². The van der Waals surface area contributed by atoms with Crippen molar-refractivity contribution in [3.8, 4) is 44.8 Å². The third-order valence-corrected chi connectivity index (χ3v) is 10.9. The molecule has 0 radical (unpaired) electrons. The second kappa shape index (κ2) is 11.2. The minimum atomic E-state index is 0.949. The van der Waals surface area contributed by atoms with Gasteiger partial charge in [0.25, 0.3) is 0 Å². The number of hydrogen-bond acceptors (Lipinski definition) is 3. The topological polar surface area (TPSA) is 25.8 Å². The minimum Gasteiger partial charge on any atom is -0.264 e. The molecule has 10 rings (SSSR count). The van der Waals surface area contributed by atoms with Crippen molar-refractivity contribution in [2.45, 2.75) is 0 Å². The van der Waals surface area contributed by atoms with Gasteiger partial charge in [0.1, 0.15) is 0 Å². The summed E-state index contributed by atoms with van der Waals surface area (Å²) < 4.78 is 2.65. The number of fused-ring (bicyclic) bond motifs is 9. The molecule has 2 nitrogen and oxygen atoms in total. The first kappa shape index (κ1) is 27.9. The maximum atomic E-state index is 5.31. The lowest BCUT2D eigenvalue weighted by Crippen LogP contribution is -1.92. The van der Waals surface area contributed by atoms with Crippen LogP contribution >= 0.6 is 11.3 Å². The average molecular weight is 641 g/mol. The number of thiophene rings is 1. The summed E-state index contributed by atoms with van der Waals surface area (Å²) in [5.41, 5.74) is 8.64. The summed E-state index contributed by atoms with van der Waals surface area (Å²) in [6.45, 7) is 0. The molecular weight excluding hydrogens is 613 g/mol. The van der Waals surface area contributed by atoms with E-state index in [1.807, 2.05) is 23.6 Å². The Labute approximate surface area is 287 Å². The molecule has 0 aliphatic carbocycles. The van der Waals surface area contributed by atoms with Gasteiger partial charge in [0.05, 0.1) is 11.4 Å². The third kappa shape index (κ3) is 4.70. The fourth-order valence-corrected chi connectivity index (χ4v) is 8.45. The molecule has 0 spiro atoms. The predicted octanol–water partition coefficient (Wildman–Crippen LogP) is 13.0. The van der Waals surface area contributed by atoms with Gasteiger partial charge in [-0.2, -0.15) is 0 Å². The van der Waals surface area contributed by atoms with Gasteiger partial charge in [0, 0.05) is 43.7 Å². The summed E-state index contributed by atoms with van der Waals surface area (Å²) in [7, 11) is 0. The largest absolute Gasteiger partial charge is 0.264 e. The zero-order valence-corrected chi connectivity index (χ0v) is 27.3. The maximum absolute atomic E-state index is 5.31. The number of benzene rings is 7. The second-order valence-corrected chi connectivity index (χ2v) is 13.7. The molecule has 3 heteroatoms. The third-order valence-electron chi connectivity index (χ3n) is 9.74. The maximum Gasteiger partial charge on any atom is 0.0715 e. The summed E-state index contributed by atoms with van der Waals surface area (Å²) in [4.78, 5) is 9.61. The number of hydrogen-bond donors (Lipinski definition) is 0. The van der Waals surface area contributed by atoms with Gasteiger partial charge in [0.2, 0.25) is 0 Å². The average Bonchev–Trinajstić information content (AvgIpc) is 3.55. The highest BCUT2D eigenvalue weighted by Crippen LogP contribution is 2.43. The standard InChI is InChI=1S/C46H28N2S/c1-2-9-29(10-3-1)34-24-43(31-18-16-30(17-19-31)33-11-8-22-47-28-33)48-44(25-34)32-20-21-37-39(23-32)35-12-4-5-13-36(35)40-26-42-38-14-6-7-15-45(38)49-46(42)27-41(37)40/h1-28H. The summed E-state index contributed by atoms with van der Waals surface area (Å²) in [5, 5.41) is 10.3. The summed E-state index contributed by atoms with van der Waals surface area (Å²) in [6.07, 6.45) is 3.71. The van der Waals surface area contributed by atoms with E-state index in [9.17, 15) is 0 Å². The van der Waals surface area contributed by atoms with Crippen LogP contribution in [0, 0.1) is 0 Å². The Morgan fingerprint density at radius 1 is 0.327 bits per heavy atom. The lowest BCUT2D eigenvalue weighted by atomic mass is 9.91. The van der Waals surface area contributed by atoms with Crippen LogP contribution in [0.25, 0.3) is 97.3 Å². The first-order valence-corrected chi connectivity index (χ1v) is 17.4. The molecule has 0 aliphatic heterocycles. The molecule has 3 heterocycles. The molecule has 7 aromatic carbocycles. The SMILES string of the molecule is c1ccc(-c2cc(-c3ccc(-c4cccnc4)cc3)nc(-c3ccc4c(c3)c3ccccc3c3cc5c(cc43)sc3ccccc35)c2)cc1. The van der Waals surface area contributed by atoms with E-state index < -0.39 is 0 Å². The van der Waals surface area contributed by atoms with Crippen LogP contribution in [0.15, 0.2) is 170 Å². The molecule has 0 amide bonds. The number of rotatable bonds is 4. The molecular formula is C46H28N2S. The van der Waals surface area contributed by atoms with Crippen LogP contribution < -0.4 is 0 Å². The van der Waals surface area contributed by atoms with Crippen molar-refractivity contribution in [3.05, 3.63) is 170 Å². The Kier molecular flexibility index (Phi) is 6.39. The van der Waals surface area contributed by atoms with Crippen molar-refractivity contribution in [1.82, 2.24) is 9.97 Å². The molecule has 0 atom stereocenters. The quantitative estimate of drug-likeness (QED) is 0.179. The lowest BCUT2D eigenvalue weighted by Gasteiger charge is -2.14. The molecule has 0 unspecified atom stereocenters. The van der Waals surface area contributed by atoms with Crippen molar-refractivity contribution in [2.75, 3.05) is 0 Å². The fourth-order valence-electron chi connectivity index (χ4n) is 7.32. The Morgan fingerprint density at radius 3 is 1.69 bits per heavy atom. The minimum absolute atomic E-state index is 0.949. The van der Waals surface area contributed by atoms with E-state index in [0.29, 0.717) is 0 Å². The van der Waals surface area contributed by atoms with E-state index in [1.54, 1.807) is 6.20 Å². The van der Waals surface area contributed by atoms with Crippen molar-refractivity contribution >= 4 is 63.8 Å². The fraction of sp³-hybridized carbons (Fsp3) is 0. The van der Waals surface area contributed by atoms with Gasteiger partial charge in [0.15, 0.2) is 0 Å². The Bertz CT molecular complexity index is 2850. The van der Waals surface area contributed by atoms with Crippen LogP contribution in [0.3, 0.4) is 0 Å². The summed E-state index contributed by atoms with van der Waals surface area (Å²) >= 11 is 1.88. The highest BCUT2D eigenvalue weighted by molar-refractivity contribution is 7.25. The first-order chi connectivity index (χ1) is 24.3. The Hall–Kier alpha value is -6.16. The second-order valence-electron chi connectivity index (χ2n) is 12.6. The molecule has 228 valence electrons. The molecule has 0 saturated heterocycles. The van der Waals surface area contributed by atoms with Gasteiger partial charge in [-0.3, -0.25) is 4.98 Å². The molecule has 3 aromatic heterocycles. The van der Waals surface area contributed by atoms with E-state index in [-0.39, 0.29) is 0 Å². The van der Waals surface area contributed by atoms with E-state index in [2.05, 4.69) is 157 Å². The smallest absolute Gasteiger partial charge is 0.0715 e. The van der Waals surface area contributed by atoms with Gasteiger partial charge in [-0.15, -0.1) is 11.3 Å². The molecule has 0 fully saturated rings. The van der Waals surface area contributed by atoms with Crippen LogP contribution in [0.4, 0.5) is 0 Å². The normalized spacial score (nSPS) is 11.7. The Balaban J connectivity index is 1.18. The van der Waals surface area contributed by atoms with Gasteiger partial charge < -0.3 is 0 Å². The molecule has 0 bridgehead atoms. The highest BCUT2D eigenvalue weighted by atomic mass is 32.1. The van der Waals surface area contributed by atoms with Gasteiger partial charge in [-0.05, 0) is 97.0 Å². The molecule has 0 saturated carbocycles. The first-order valence-electron chi connectivity index (χ1n) is 16.6. The van der Waals surface area contributed by atoms with Crippen molar-refractivity contribution < 1.29 is 0 Å². The molecule has 0 N–H and O–H groups in total. The van der Waals surface area contributed by atoms with Gasteiger partial charge in [-0.25, -0.2) is 4.98 Å². The van der Waals surface area contributed by atoms with Crippen LogP contribution in [0.5, 0.6) is 0 Å². The zero-order valence-electron chi connectivity index (χ0n) is 26.5. The van der Waals surface area contributed by atoms with Crippen molar-refractivity contribution in [2.24, 2.45) is 0 Å². The van der Waals surface area contributed by atoms with E-state index in [4.69, 9.17) is 4.98 Å². The van der Waals surface area contributed by atoms with Gasteiger partial charge in [-0.1, -0.05) is 115 Å². The van der Waals surface area contributed by atoms with E-state index in [0.717, 1.165) is 39.2 Å². The summed E-state index contributed by atoms with van der Waals surface area (Å²) in [5.74, 6) is 0. The molecule has 0 aliphatic rings. The van der Waals surface area contributed by atoms with Crippen LogP contribution in [0.1, 0.15) is 0 Å². The number of aromatic nitrogens is 2. The Morgan fingerprint density at radius 2 is 0.918 bits per heavy atom.